The maximum absolute atomic E-state index is 12.2. The molecule has 3 N–H and O–H groups in total. The average Bonchev–Trinajstić information content (AvgIpc) is 2.92. The molecule has 4 atom stereocenters. The summed E-state index contributed by atoms with van der Waals surface area (Å²) in [5.41, 5.74) is 5.71. The van der Waals surface area contributed by atoms with Crippen LogP contribution in [0.4, 0.5) is 0 Å². The molecular formula is C14H25N3O5. The molecule has 0 aromatic carbocycles. The van der Waals surface area contributed by atoms with Crippen molar-refractivity contribution in [2.75, 3.05) is 27.2 Å². The Morgan fingerprint density at radius 2 is 1.82 bits per heavy atom. The van der Waals surface area contributed by atoms with Gasteiger partial charge in [-0.15, -0.1) is 0 Å². The van der Waals surface area contributed by atoms with E-state index in [4.69, 9.17) is 19.9 Å². The van der Waals surface area contributed by atoms with Gasteiger partial charge in [0.25, 0.3) is 0 Å². The van der Waals surface area contributed by atoms with Gasteiger partial charge in [0.2, 0.25) is 11.8 Å². The lowest BCUT2D eigenvalue weighted by Gasteiger charge is -2.24. The molecule has 0 saturated carbocycles. The van der Waals surface area contributed by atoms with Crippen molar-refractivity contribution in [1.29, 1.82) is 0 Å². The first-order chi connectivity index (χ1) is 10.3. The van der Waals surface area contributed by atoms with Crippen molar-refractivity contribution in [2.24, 2.45) is 5.73 Å². The van der Waals surface area contributed by atoms with Gasteiger partial charge in [0, 0.05) is 20.6 Å². The van der Waals surface area contributed by atoms with Gasteiger partial charge in [-0.1, -0.05) is 0 Å². The number of rotatable bonds is 5. The number of carbonyl (C=O) groups excluding carboxylic acids is 2. The lowest BCUT2D eigenvalue weighted by Crippen LogP contribution is -2.40. The number of carbonyl (C=O) groups is 2. The fourth-order valence-corrected chi connectivity index (χ4v) is 2.84. The van der Waals surface area contributed by atoms with Gasteiger partial charge in [0.1, 0.15) is 12.2 Å². The molecule has 22 heavy (non-hydrogen) atoms. The van der Waals surface area contributed by atoms with E-state index in [1.165, 1.54) is 11.9 Å². The lowest BCUT2D eigenvalue weighted by atomic mass is 10.1. The van der Waals surface area contributed by atoms with E-state index in [1.807, 2.05) is 13.8 Å². The molecule has 0 spiro atoms. The Bertz CT molecular complexity index is 442. The lowest BCUT2D eigenvalue weighted by molar-refractivity contribution is -0.187. The Kier molecular flexibility index (Phi) is 5.06. The maximum Gasteiger partial charge on any atom is 0.239 e. The Hall–Kier alpha value is -1.22. The van der Waals surface area contributed by atoms with Crippen LogP contribution >= 0.6 is 0 Å². The number of nitrogens with two attached hydrogens (primary N) is 1. The summed E-state index contributed by atoms with van der Waals surface area (Å²) in [7, 11) is 3.11. The van der Waals surface area contributed by atoms with Crippen LogP contribution in [0.5, 0.6) is 0 Å². The first-order valence-electron chi connectivity index (χ1n) is 7.43. The number of amides is 2. The highest BCUT2D eigenvalue weighted by Gasteiger charge is 2.54. The van der Waals surface area contributed by atoms with Gasteiger partial charge in [-0.2, -0.15) is 0 Å². The highest BCUT2D eigenvalue weighted by molar-refractivity contribution is 5.84. The molecule has 0 radical (unpaired) electrons. The van der Waals surface area contributed by atoms with Gasteiger partial charge < -0.3 is 30.2 Å². The molecule has 8 heteroatoms. The third-order valence-corrected chi connectivity index (χ3v) is 3.94. The van der Waals surface area contributed by atoms with Crippen LogP contribution in [0, 0.1) is 0 Å². The highest BCUT2D eigenvalue weighted by atomic mass is 16.8. The van der Waals surface area contributed by atoms with E-state index < -0.39 is 11.9 Å². The molecule has 0 unspecified atom stereocenters. The van der Waals surface area contributed by atoms with Crippen molar-refractivity contribution in [2.45, 2.75) is 50.5 Å². The molecule has 2 aliphatic rings. The zero-order valence-electron chi connectivity index (χ0n) is 13.5. The summed E-state index contributed by atoms with van der Waals surface area (Å²) in [4.78, 5) is 24.9. The van der Waals surface area contributed by atoms with Crippen LogP contribution in [-0.4, -0.2) is 74.1 Å². The molecule has 2 heterocycles. The second-order valence-corrected chi connectivity index (χ2v) is 6.14. The van der Waals surface area contributed by atoms with Crippen molar-refractivity contribution in [3.05, 3.63) is 0 Å². The normalized spacial score (nSPS) is 32.6. The van der Waals surface area contributed by atoms with E-state index in [0.29, 0.717) is 6.54 Å². The Labute approximate surface area is 130 Å². The summed E-state index contributed by atoms with van der Waals surface area (Å²) in [6.07, 6.45) is -1.15. The van der Waals surface area contributed by atoms with Crippen LogP contribution < -0.4 is 11.1 Å². The van der Waals surface area contributed by atoms with E-state index in [2.05, 4.69) is 5.32 Å². The third-order valence-electron chi connectivity index (χ3n) is 3.94. The van der Waals surface area contributed by atoms with Crippen molar-refractivity contribution in [3.8, 4) is 0 Å². The van der Waals surface area contributed by atoms with Crippen LogP contribution in [0.25, 0.3) is 0 Å². The summed E-state index contributed by atoms with van der Waals surface area (Å²) in [5, 5.41) is 2.48. The van der Waals surface area contributed by atoms with Gasteiger partial charge in [0.05, 0.1) is 25.2 Å². The molecule has 0 aromatic heterocycles. The number of nitrogens with zero attached hydrogens (tertiary/aromatic N) is 1. The van der Waals surface area contributed by atoms with E-state index in [9.17, 15) is 9.59 Å². The number of fused-ring (bicyclic) bond motifs is 1. The fourth-order valence-electron chi connectivity index (χ4n) is 2.84. The summed E-state index contributed by atoms with van der Waals surface area (Å²) in [6.45, 7) is 3.98. The predicted molar refractivity (Wildman–Crippen MR) is 77.9 cm³/mol. The summed E-state index contributed by atoms with van der Waals surface area (Å²) < 4.78 is 17.5. The molecule has 2 rings (SSSR count). The van der Waals surface area contributed by atoms with E-state index >= 15 is 0 Å². The minimum Gasteiger partial charge on any atom is -0.368 e. The number of hydrogen-bond donors (Lipinski definition) is 2. The van der Waals surface area contributed by atoms with Crippen molar-refractivity contribution >= 4 is 11.8 Å². The summed E-state index contributed by atoms with van der Waals surface area (Å²) >= 11 is 0. The van der Waals surface area contributed by atoms with Crippen molar-refractivity contribution < 1.29 is 23.8 Å². The largest absolute Gasteiger partial charge is 0.368 e. The molecule has 0 aliphatic carbocycles. The van der Waals surface area contributed by atoms with Gasteiger partial charge >= 0.3 is 0 Å². The maximum atomic E-state index is 12.2. The molecular weight excluding hydrogens is 290 g/mol. The second kappa shape index (κ2) is 6.49. The quantitative estimate of drug-likeness (QED) is 0.662. The predicted octanol–water partition coefficient (Wildman–Crippen LogP) is -1.17. The molecule has 2 amide bonds. The molecule has 126 valence electrons. The van der Waals surface area contributed by atoms with Gasteiger partial charge in [-0.05, 0) is 13.8 Å². The zero-order chi connectivity index (χ0) is 16.5. The van der Waals surface area contributed by atoms with Gasteiger partial charge in [0.15, 0.2) is 5.79 Å². The molecule has 2 aliphatic heterocycles. The number of likely N-dealkylation sites (N-methyl/N-ethyl adjacent to an activating group) is 2. The minimum atomic E-state index is -0.707. The van der Waals surface area contributed by atoms with E-state index in [-0.39, 0.29) is 43.1 Å². The van der Waals surface area contributed by atoms with Crippen LogP contribution in [-0.2, 0) is 23.8 Å². The molecule has 8 nitrogen and oxygen atoms in total. The summed E-state index contributed by atoms with van der Waals surface area (Å²) in [6, 6.07) is 0. The van der Waals surface area contributed by atoms with Gasteiger partial charge in [-0.25, -0.2) is 0 Å². The average molecular weight is 315 g/mol. The van der Waals surface area contributed by atoms with Crippen LogP contribution in [0.15, 0.2) is 0 Å². The standard InChI is InChI=1S/C14H25N3O5/c1-14(2)21-12-8(20-9(6-15)13(12)22-14)5-11(19)17(4)7-10(18)16-3/h8-9,12-13H,5-7,15H2,1-4H3,(H,16,18)/t8-,9+,12-,13+/m0/s1. The Morgan fingerprint density at radius 3 is 2.36 bits per heavy atom. The number of ether oxygens (including phenoxy) is 3. The Balaban J connectivity index is 1.97. The number of nitrogens with one attached hydrogen (secondary N) is 1. The molecule has 2 fully saturated rings. The monoisotopic (exact) mass is 315 g/mol. The first-order valence-corrected chi connectivity index (χ1v) is 7.43. The smallest absolute Gasteiger partial charge is 0.239 e. The van der Waals surface area contributed by atoms with E-state index in [1.54, 1.807) is 7.05 Å². The van der Waals surface area contributed by atoms with Crippen LogP contribution in [0.3, 0.4) is 0 Å². The van der Waals surface area contributed by atoms with Crippen LogP contribution in [0.1, 0.15) is 20.3 Å². The van der Waals surface area contributed by atoms with Gasteiger partial charge in [-0.3, -0.25) is 9.59 Å². The SMILES string of the molecule is CNC(=O)CN(C)C(=O)C[C@@H]1O[C@H](CN)[C@H]2OC(C)(C)O[C@H]21. The van der Waals surface area contributed by atoms with Crippen molar-refractivity contribution in [1.82, 2.24) is 10.2 Å². The highest BCUT2D eigenvalue weighted by Crippen LogP contribution is 2.39. The van der Waals surface area contributed by atoms with E-state index in [0.717, 1.165) is 0 Å². The molecule has 2 saturated heterocycles. The number of hydrogen-bond acceptors (Lipinski definition) is 6. The van der Waals surface area contributed by atoms with Crippen LogP contribution in [0.2, 0.25) is 0 Å². The second-order valence-electron chi connectivity index (χ2n) is 6.14. The topological polar surface area (TPSA) is 103 Å². The summed E-state index contributed by atoms with van der Waals surface area (Å²) in [5.74, 6) is -1.11. The minimum absolute atomic E-state index is 0.0132. The first kappa shape index (κ1) is 17.1. The Morgan fingerprint density at radius 1 is 1.23 bits per heavy atom. The van der Waals surface area contributed by atoms with Crippen molar-refractivity contribution in [3.63, 3.8) is 0 Å². The molecule has 0 aromatic rings. The fraction of sp³-hybridized carbons (Fsp3) is 0.857. The molecule has 0 bridgehead atoms. The zero-order valence-corrected chi connectivity index (χ0v) is 13.5. The third kappa shape index (κ3) is 3.57.